The van der Waals surface area contributed by atoms with Crippen LogP contribution in [0.5, 0.6) is 0 Å². The van der Waals surface area contributed by atoms with E-state index in [0.29, 0.717) is 34.1 Å². The topological polar surface area (TPSA) is 126 Å². The van der Waals surface area contributed by atoms with Gasteiger partial charge in [0.1, 0.15) is 11.5 Å². The van der Waals surface area contributed by atoms with Crippen LogP contribution in [-0.4, -0.2) is 28.7 Å². The molecule has 34 heavy (non-hydrogen) atoms. The highest BCUT2D eigenvalue weighted by Crippen LogP contribution is 2.41. The van der Waals surface area contributed by atoms with Crippen molar-refractivity contribution in [3.05, 3.63) is 87.3 Å². The summed E-state index contributed by atoms with van der Waals surface area (Å²) in [6, 6.07) is 12.7. The first-order chi connectivity index (χ1) is 16.5. The summed E-state index contributed by atoms with van der Waals surface area (Å²) < 4.78 is 9.66. The van der Waals surface area contributed by atoms with Crippen molar-refractivity contribution in [3.8, 4) is 22.4 Å². The Morgan fingerprint density at radius 1 is 1.09 bits per heavy atom. The van der Waals surface area contributed by atoms with Gasteiger partial charge in [-0.3, -0.25) is 4.79 Å². The second-order valence-corrected chi connectivity index (χ2v) is 8.46. The van der Waals surface area contributed by atoms with Crippen LogP contribution in [0.3, 0.4) is 0 Å². The number of aromatic nitrogens is 6. The first-order valence-corrected chi connectivity index (χ1v) is 10.9. The number of nitrogens with two attached hydrogens (primary N) is 1. The lowest BCUT2D eigenvalue weighted by Gasteiger charge is -2.12. The molecule has 1 aliphatic rings. The lowest BCUT2D eigenvalue weighted by atomic mass is 10.0. The molecule has 5 aromatic rings. The van der Waals surface area contributed by atoms with Gasteiger partial charge in [-0.1, -0.05) is 30.3 Å². The van der Waals surface area contributed by atoms with Crippen molar-refractivity contribution in [2.45, 2.75) is 25.3 Å². The van der Waals surface area contributed by atoms with Gasteiger partial charge in [0, 0.05) is 36.4 Å². The molecule has 0 bridgehead atoms. The van der Waals surface area contributed by atoms with E-state index < -0.39 is 5.69 Å². The Hall–Kier alpha value is -4.47. The predicted molar refractivity (Wildman–Crippen MR) is 125 cm³/mol. The van der Waals surface area contributed by atoms with E-state index >= 15 is 0 Å². The average Bonchev–Trinajstić information content (AvgIpc) is 3.49. The molecular formula is C24H21N7O3. The number of benzene rings is 1. The van der Waals surface area contributed by atoms with Crippen molar-refractivity contribution in [1.29, 1.82) is 0 Å². The fourth-order valence-electron chi connectivity index (χ4n) is 4.23. The molecule has 1 aromatic carbocycles. The van der Waals surface area contributed by atoms with Crippen molar-refractivity contribution in [1.82, 2.24) is 28.7 Å². The van der Waals surface area contributed by atoms with Gasteiger partial charge in [-0.25, -0.2) is 23.8 Å². The molecule has 0 amide bonds. The van der Waals surface area contributed by atoms with Crippen LogP contribution in [0.15, 0.2) is 69.1 Å². The first-order valence-electron chi connectivity index (χ1n) is 10.9. The summed E-state index contributed by atoms with van der Waals surface area (Å²) in [6.07, 6.45) is 5.21. The standard InChI is InChI=1S/C24H21N7O3/c1-29-11-16(9-10-18(29)32)19-20(14-5-3-2-4-6-14)27-23(25)31-22(19)28-30(24(31)33)12-17-21(15-7-8-15)34-13-26-17/h2-6,9-11,13,15H,7-8,12H2,1H3,(H2,25,27). The third-order valence-corrected chi connectivity index (χ3v) is 6.10. The third-order valence-electron chi connectivity index (χ3n) is 6.10. The maximum Gasteiger partial charge on any atom is 0.353 e. The number of fused-ring (bicyclic) bond motifs is 1. The minimum atomic E-state index is -0.421. The van der Waals surface area contributed by atoms with Gasteiger partial charge < -0.3 is 14.7 Å². The number of nitrogen functional groups attached to an aromatic ring is 1. The lowest BCUT2D eigenvalue weighted by Crippen LogP contribution is -2.24. The fraction of sp³-hybridized carbons (Fsp3) is 0.208. The van der Waals surface area contributed by atoms with Gasteiger partial charge in [-0.2, -0.15) is 0 Å². The lowest BCUT2D eigenvalue weighted by molar-refractivity contribution is 0.499. The van der Waals surface area contributed by atoms with E-state index in [9.17, 15) is 9.59 Å². The molecule has 170 valence electrons. The third kappa shape index (κ3) is 3.22. The molecule has 4 aromatic heterocycles. The molecule has 6 rings (SSSR count). The highest BCUT2D eigenvalue weighted by atomic mass is 16.3. The molecule has 0 radical (unpaired) electrons. The number of rotatable bonds is 5. The number of pyridine rings is 1. The van der Waals surface area contributed by atoms with Crippen LogP contribution in [0.1, 0.15) is 30.2 Å². The van der Waals surface area contributed by atoms with Crippen molar-refractivity contribution < 1.29 is 4.42 Å². The van der Waals surface area contributed by atoms with Crippen molar-refractivity contribution >= 4 is 11.6 Å². The second-order valence-electron chi connectivity index (χ2n) is 8.46. The summed E-state index contributed by atoms with van der Waals surface area (Å²) >= 11 is 0. The summed E-state index contributed by atoms with van der Waals surface area (Å²) in [4.78, 5) is 34.3. The number of anilines is 1. The molecular weight excluding hydrogens is 434 g/mol. The monoisotopic (exact) mass is 455 g/mol. The van der Waals surface area contributed by atoms with Gasteiger partial charge in [0.15, 0.2) is 12.0 Å². The van der Waals surface area contributed by atoms with Crippen LogP contribution in [0.25, 0.3) is 28.0 Å². The summed E-state index contributed by atoms with van der Waals surface area (Å²) in [5, 5.41) is 4.66. The smallest absolute Gasteiger partial charge is 0.353 e. The Labute approximate surface area is 192 Å². The molecule has 2 N–H and O–H groups in total. The van der Waals surface area contributed by atoms with Gasteiger partial charge in [-0.05, 0) is 18.9 Å². The van der Waals surface area contributed by atoms with E-state index in [4.69, 9.17) is 10.2 Å². The van der Waals surface area contributed by atoms with Crippen molar-refractivity contribution in [2.24, 2.45) is 7.05 Å². The molecule has 4 heterocycles. The number of hydrogen-bond acceptors (Lipinski definition) is 7. The fourth-order valence-corrected chi connectivity index (χ4v) is 4.23. The molecule has 0 unspecified atom stereocenters. The van der Waals surface area contributed by atoms with Crippen LogP contribution in [0, 0.1) is 0 Å². The Balaban J connectivity index is 1.61. The minimum absolute atomic E-state index is 0.0289. The van der Waals surface area contributed by atoms with Gasteiger partial charge in [-0.15, -0.1) is 5.10 Å². The Morgan fingerprint density at radius 2 is 1.88 bits per heavy atom. The van der Waals surface area contributed by atoms with E-state index in [1.165, 1.54) is 26.1 Å². The highest BCUT2D eigenvalue weighted by Gasteiger charge is 2.31. The summed E-state index contributed by atoms with van der Waals surface area (Å²) in [5.41, 5.74) is 9.43. The maximum absolute atomic E-state index is 13.4. The van der Waals surface area contributed by atoms with Crippen LogP contribution < -0.4 is 17.0 Å². The van der Waals surface area contributed by atoms with Crippen LogP contribution in [0.4, 0.5) is 5.95 Å². The van der Waals surface area contributed by atoms with Crippen molar-refractivity contribution in [3.63, 3.8) is 0 Å². The molecule has 0 saturated heterocycles. The van der Waals surface area contributed by atoms with Gasteiger partial charge in [0.2, 0.25) is 11.5 Å². The number of nitrogens with zero attached hydrogens (tertiary/aromatic N) is 6. The quantitative estimate of drug-likeness (QED) is 0.431. The maximum atomic E-state index is 13.4. The van der Waals surface area contributed by atoms with E-state index in [1.54, 1.807) is 19.3 Å². The molecule has 0 spiro atoms. The SMILES string of the molecule is Cn1cc(-c2c(-c3ccccc3)nc(N)n3c(=O)n(Cc4ncoc4C4CC4)nc23)ccc1=O. The van der Waals surface area contributed by atoms with Crippen LogP contribution >= 0.6 is 0 Å². The van der Waals surface area contributed by atoms with Gasteiger partial charge in [0.25, 0.3) is 0 Å². The average molecular weight is 455 g/mol. The molecule has 10 heteroatoms. The van der Waals surface area contributed by atoms with E-state index in [-0.39, 0.29) is 18.1 Å². The Bertz CT molecular complexity index is 1660. The second kappa shape index (κ2) is 7.55. The summed E-state index contributed by atoms with van der Waals surface area (Å²) in [6.45, 7) is 0.162. The number of oxazole rings is 1. The number of hydrogen-bond donors (Lipinski definition) is 1. The Morgan fingerprint density at radius 3 is 2.62 bits per heavy atom. The van der Waals surface area contributed by atoms with E-state index in [2.05, 4.69) is 15.1 Å². The predicted octanol–water partition coefficient (Wildman–Crippen LogP) is 2.42. The Kier molecular flexibility index (Phi) is 4.47. The van der Waals surface area contributed by atoms with Crippen molar-refractivity contribution in [2.75, 3.05) is 5.73 Å². The van der Waals surface area contributed by atoms with Gasteiger partial charge >= 0.3 is 5.69 Å². The molecule has 0 atom stereocenters. The first kappa shape index (κ1) is 20.2. The van der Waals surface area contributed by atoms with E-state index in [0.717, 1.165) is 24.2 Å². The largest absolute Gasteiger partial charge is 0.448 e. The number of aryl methyl sites for hydroxylation is 1. The molecule has 1 aliphatic carbocycles. The zero-order chi connectivity index (χ0) is 23.4. The van der Waals surface area contributed by atoms with Gasteiger partial charge in [0.05, 0.1) is 17.8 Å². The molecule has 1 saturated carbocycles. The summed E-state index contributed by atoms with van der Waals surface area (Å²) in [7, 11) is 1.67. The highest BCUT2D eigenvalue weighted by molar-refractivity contribution is 5.90. The molecule has 1 fully saturated rings. The molecule has 0 aliphatic heterocycles. The zero-order valence-electron chi connectivity index (χ0n) is 18.4. The summed E-state index contributed by atoms with van der Waals surface area (Å²) in [5.74, 6) is 1.18. The van der Waals surface area contributed by atoms with Crippen LogP contribution in [0.2, 0.25) is 0 Å². The van der Waals surface area contributed by atoms with Crippen LogP contribution in [-0.2, 0) is 13.6 Å². The zero-order valence-corrected chi connectivity index (χ0v) is 18.4. The minimum Gasteiger partial charge on any atom is -0.448 e. The normalized spacial score (nSPS) is 13.6. The molecule has 10 nitrogen and oxygen atoms in total. The van der Waals surface area contributed by atoms with E-state index in [1.807, 2.05) is 30.3 Å².